The van der Waals surface area contributed by atoms with Crippen LogP contribution in [0, 0.1) is 11.3 Å². The molecule has 4 aromatic rings. The second kappa shape index (κ2) is 7.23. The van der Waals surface area contributed by atoms with Gasteiger partial charge in [0.25, 0.3) is 0 Å². The van der Waals surface area contributed by atoms with Crippen molar-refractivity contribution in [3.8, 4) is 23.1 Å². The average molecular weight is 406 g/mol. The second-order valence-electron chi connectivity index (χ2n) is 6.04. The van der Waals surface area contributed by atoms with Gasteiger partial charge in [-0.2, -0.15) is 18.8 Å². The van der Waals surface area contributed by atoms with E-state index in [1.54, 1.807) is 35.3 Å². The minimum Gasteiger partial charge on any atom is -0.369 e. The molecule has 0 unspecified atom stereocenters. The van der Waals surface area contributed by atoms with Crippen molar-refractivity contribution in [1.82, 2.24) is 14.6 Å². The molecule has 9 nitrogen and oxygen atoms in total. The first kappa shape index (κ1) is 18.4. The van der Waals surface area contributed by atoms with Gasteiger partial charge < -0.3 is 4.18 Å². The summed E-state index contributed by atoms with van der Waals surface area (Å²) in [6, 6.07) is 18.0. The highest BCUT2D eigenvalue weighted by atomic mass is 32.2. The van der Waals surface area contributed by atoms with Gasteiger partial charge in [-0.1, -0.05) is 12.1 Å². The zero-order valence-corrected chi connectivity index (χ0v) is 15.7. The number of hydrogen-bond donors (Lipinski definition) is 2. The number of anilines is 1. The number of hydrogen-bond acceptors (Lipinski definition) is 7. The van der Waals surface area contributed by atoms with Gasteiger partial charge in [0, 0.05) is 5.56 Å². The third-order valence-corrected chi connectivity index (χ3v) is 4.49. The van der Waals surface area contributed by atoms with Gasteiger partial charge in [-0.25, -0.2) is 9.66 Å². The van der Waals surface area contributed by atoms with Crippen LogP contribution in [0.2, 0.25) is 0 Å². The van der Waals surface area contributed by atoms with Crippen molar-refractivity contribution in [1.29, 1.82) is 5.26 Å². The van der Waals surface area contributed by atoms with Crippen LogP contribution >= 0.6 is 0 Å². The van der Waals surface area contributed by atoms with E-state index in [1.807, 2.05) is 24.3 Å². The number of imidazole rings is 1. The van der Waals surface area contributed by atoms with Crippen molar-refractivity contribution in [2.45, 2.75) is 0 Å². The number of nitrogens with zero attached hydrogens (tertiary/aromatic N) is 4. The van der Waals surface area contributed by atoms with Gasteiger partial charge in [0.05, 0.1) is 40.2 Å². The summed E-state index contributed by atoms with van der Waals surface area (Å²) in [6.07, 6.45) is 2.89. The van der Waals surface area contributed by atoms with Crippen LogP contribution in [0.1, 0.15) is 5.56 Å². The summed E-state index contributed by atoms with van der Waals surface area (Å²) in [5.41, 5.74) is 7.16. The van der Waals surface area contributed by atoms with Crippen LogP contribution in [-0.2, 0) is 10.3 Å². The number of benzene rings is 2. The first-order valence-corrected chi connectivity index (χ1v) is 9.82. The van der Waals surface area contributed by atoms with Crippen molar-refractivity contribution in [2.24, 2.45) is 5.14 Å². The summed E-state index contributed by atoms with van der Waals surface area (Å²) >= 11 is 0. The summed E-state index contributed by atoms with van der Waals surface area (Å²) in [4.78, 5) is 8.52. The molecular formula is C19H14N6O3S. The number of fused-ring (bicyclic) bond motifs is 1. The van der Waals surface area contributed by atoms with Crippen molar-refractivity contribution in [3.63, 3.8) is 0 Å². The van der Waals surface area contributed by atoms with Gasteiger partial charge in [0.2, 0.25) is 0 Å². The number of pyridine rings is 1. The Bertz CT molecular complexity index is 1340. The Morgan fingerprint density at radius 3 is 2.66 bits per heavy atom. The maximum absolute atomic E-state index is 11.0. The number of aromatic nitrogens is 3. The van der Waals surface area contributed by atoms with Crippen molar-refractivity contribution in [2.75, 3.05) is 5.43 Å². The lowest BCUT2D eigenvalue weighted by molar-refractivity contribution is 0.486. The highest BCUT2D eigenvalue weighted by Crippen LogP contribution is 2.27. The molecule has 0 atom stereocenters. The Hall–Kier alpha value is -3.94. The summed E-state index contributed by atoms with van der Waals surface area (Å²) in [5, 5.41) is 14.3. The van der Waals surface area contributed by atoms with Crippen LogP contribution < -0.4 is 14.7 Å². The molecular weight excluding hydrogens is 392 g/mol. The van der Waals surface area contributed by atoms with Crippen LogP contribution in [0.25, 0.3) is 22.3 Å². The minimum absolute atomic E-state index is 0.0195. The van der Waals surface area contributed by atoms with Crippen LogP contribution in [0.5, 0.6) is 5.75 Å². The van der Waals surface area contributed by atoms with Crippen LogP contribution in [-0.4, -0.2) is 23.1 Å². The molecule has 0 spiro atoms. The number of nitriles is 1. The molecule has 0 aliphatic rings. The molecule has 0 bridgehead atoms. The monoisotopic (exact) mass is 406 g/mol. The van der Waals surface area contributed by atoms with E-state index in [0.29, 0.717) is 22.5 Å². The normalized spacial score (nSPS) is 11.2. The van der Waals surface area contributed by atoms with Gasteiger partial charge in [0.1, 0.15) is 6.33 Å². The zero-order valence-electron chi connectivity index (χ0n) is 14.9. The molecule has 0 amide bonds. The molecule has 10 heteroatoms. The molecule has 4 rings (SSSR count). The molecule has 2 aromatic carbocycles. The summed E-state index contributed by atoms with van der Waals surface area (Å²) in [6.45, 7) is 0. The largest absolute Gasteiger partial charge is 0.380 e. The molecule has 3 N–H and O–H groups in total. The molecule has 0 fully saturated rings. The second-order valence-corrected chi connectivity index (χ2v) is 7.19. The number of rotatable bonds is 5. The maximum atomic E-state index is 11.0. The van der Waals surface area contributed by atoms with Gasteiger partial charge in [0.15, 0.2) is 5.75 Å². The van der Waals surface area contributed by atoms with E-state index in [4.69, 9.17) is 5.14 Å². The minimum atomic E-state index is -4.13. The Morgan fingerprint density at radius 2 is 1.93 bits per heavy atom. The maximum Gasteiger partial charge on any atom is 0.380 e. The molecule has 0 aliphatic heterocycles. The fraction of sp³-hybridized carbons (Fsp3) is 0. The SMILES string of the molecule is N#Cc1ccc(Nn2cnc3ccccc32)cc1-c1ccc(OS(N)(=O)=O)cn1. The molecule has 0 aliphatic carbocycles. The molecule has 0 saturated carbocycles. The number of nitrogens with two attached hydrogens (primary N) is 1. The Morgan fingerprint density at radius 1 is 1.10 bits per heavy atom. The highest BCUT2D eigenvalue weighted by Gasteiger charge is 2.11. The summed E-state index contributed by atoms with van der Waals surface area (Å²) < 4.78 is 28.4. The smallest absolute Gasteiger partial charge is 0.369 e. The van der Waals surface area contributed by atoms with Gasteiger partial charge >= 0.3 is 10.3 Å². The Labute approximate surface area is 166 Å². The van der Waals surface area contributed by atoms with E-state index in [-0.39, 0.29) is 5.75 Å². The first-order valence-electron chi connectivity index (χ1n) is 8.35. The molecule has 144 valence electrons. The van der Waals surface area contributed by atoms with Crippen molar-refractivity contribution in [3.05, 3.63) is 72.7 Å². The van der Waals surface area contributed by atoms with Gasteiger partial charge in [-0.3, -0.25) is 10.4 Å². The van der Waals surface area contributed by atoms with Crippen LogP contribution in [0.15, 0.2) is 67.1 Å². The Kier molecular flexibility index (Phi) is 4.59. The first-order chi connectivity index (χ1) is 13.9. The third kappa shape index (κ3) is 4.01. The standard InChI is InChI=1S/C19H14N6O3S/c20-10-13-5-6-14(24-25-12-23-18-3-1-2-4-19(18)25)9-16(13)17-8-7-15(11-22-17)28-29(21,26)27/h1-9,11-12,24H,(H2,21,26,27). The van der Waals surface area contributed by atoms with E-state index in [9.17, 15) is 13.7 Å². The van der Waals surface area contributed by atoms with Crippen molar-refractivity contribution >= 4 is 27.0 Å². The van der Waals surface area contributed by atoms with Gasteiger partial charge in [-0.05, 0) is 42.5 Å². The van der Waals surface area contributed by atoms with Crippen LogP contribution in [0.3, 0.4) is 0 Å². The predicted molar refractivity (Wildman–Crippen MR) is 107 cm³/mol. The van der Waals surface area contributed by atoms with E-state index >= 15 is 0 Å². The zero-order chi connectivity index (χ0) is 20.4. The lowest BCUT2D eigenvalue weighted by Crippen LogP contribution is -2.19. The lowest BCUT2D eigenvalue weighted by atomic mass is 10.0. The Balaban J connectivity index is 1.68. The van der Waals surface area contributed by atoms with Crippen LogP contribution in [0.4, 0.5) is 5.69 Å². The fourth-order valence-electron chi connectivity index (χ4n) is 2.83. The number of nitrogens with one attached hydrogen (secondary N) is 1. The lowest BCUT2D eigenvalue weighted by Gasteiger charge is -2.11. The average Bonchev–Trinajstić information content (AvgIpc) is 3.10. The van der Waals surface area contributed by atoms with E-state index in [1.165, 1.54) is 12.3 Å². The third-order valence-electron chi connectivity index (χ3n) is 4.07. The molecule has 2 heterocycles. The molecule has 2 aromatic heterocycles. The quantitative estimate of drug-likeness (QED) is 0.519. The summed E-state index contributed by atoms with van der Waals surface area (Å²) in [5.74, 6) is -0.0195. The molecule has 29 heavy (non-hydrogen) atoms. The van der Waals surface area contributed by atoms with E-state index in [0.717, 1.165) is 11.0 Å². The molecule has 0 saturated heterocycles. The van der Waals surface area contributed by atoms with E-state index < -0.39 is 10.3 Å². The molecule has 0 radical (unpaired) electrons. The fourth-order valence-corrected chi connectivity index (χ4v) is 3.20. The van der Waals surface area contributed by atoms with Crippen molar-refractivity contribution < 1.29 is 12.6 Å². The van der Waals surface area contributed by atoms with Gasteiger partial charge in [-0.15, -0.1) is 0 Å². The topological polar surface area (TPSA) is 136 Å². The van der Waals surface area contributed by atoms with E-state index in [2.05, 4.69) is 25.6 Å². The summed E-state index contributed by atoms with van der Waals surface area (Å²) in [7, 11) is -4.13. The number of para-hydroxylation sites is 2. The highest BCUT2D eigenvalue weighted by molar-refractivity contribution is 7.84. The predicted octanol–water partition coefficient (Wildman–Crippen LogP) is 2.43.